The van der Waals surface area contributed by atoms with E-state index >= 15 is 0 Å². The van der Waals surface area contributed by atoms with Gasteiger partial charge in [0.1, 0.15) is 5.38 Å². The number of halogens is 1. The van der Waals surface area contributed by atoms with E-state index in [1.807, 2.05) is 25.5 Å². The molecule has 0 aliphatic carbocycles. The van der Waals surface area contributed by atoms with Crippen molar-refractivity contribution in [1.82, 2.24) is 10.2 Å². The van der Waals surface area contributed by atoms with Gasteiger partial charge < -0.3 is 10.2 Å². The van der Waals surface area contributed by atoms with Crippen molar-refractivity contribution in [3.05, 3.63) is 22.4 Å². The van der Waals surface area contributed by atoms with E-state index in [-0.39, 0.29) is 11.9 Å². The highest BCUT2D eigenvalue weighted by Crippen LogP contribution is 2.22. The van der Waals surface area contributed by atoms with Crippen LogP contribution in [0.4, 0.5) is 0 Å². The molecule has 5 heteroatoms. The summed E-state index contributed by atoms with van der Waals surface area (Å²) < 4.78 is 0. The molecule has 1 amide bonds. The predicted octanol–water partition coefficient (Wildman–Crippen LogP) is 2.09. The summed E-state index contributed by atoms with van der Waals surface area (Å²) in [6.07, 6.45) is 0. The maximum absolute atomic E-state index is 11.4. The van der Waals surface area contributed by atoms with Gasteiger partial charge in [0.25, 0.3) is 0 Å². The third-order valence-electron chi connectivity index (χ3n) is 2.33. The fourth-order valence-corrected chi connectivity index (χ4v) is 2.36. The van der Waals surface area contributed by atoms with Crippen LogP contribution in [0.25, 0.3) is 0 Å². The van der Waals surface area contributed by atoms with Gasteiger partial charge in [0.2, 0.25) is 5.91 Å². The number of hydrogen-bond acceptors (Lipinski definition) is 3. The molecular weight excluding hydrogens is 244 g/mol. The van der Waals surface area contributed by atoms with Crippen LogP contribution in [0.2, 0.25) is 0 Å². The predicted molar refractivity (Wildman–Crippen MR) is 69.1 cm³/mol. The average Bonchev–Trinajstić information content (AvgIpc) is 2.70. The van der Waals surface area contributed by atoms with Crippen LogP contribution in [0.1, 0.15) is 17.8 Å². The second kappa shape index (κ2) is 6.23. The van der Waals surface area contributed by atoms with E-state index in [2.05, 4.69) is 16.3 Å². The first-order chi connectivity index (χ1) is 7.52. The van der Waals surface area contributed by atoms with Crippen molar-refractivity contribution in [2.45, 2.75) is 18.3 Å². The van der Waals surface area contributed by atoms with Gasteiger partial charge in [-0.3, -0.25) is 4.79 Å². The molecule has 2 unspecified atom stereocenters. The van der Waals surface area contributed by atoms with Crippen molar-refractivity contribution >= 4 is 28.8 Å². The van der Waals surface area contributed by atoms with Gasteiger partial charge in [-0.05, 0) is 32.5 Å². The van der Waals surface area contributed by atoms with Crippen LogP contribution in [0.3, 0.4) is 0 Å². The van der Waals surface area contributed by atoms with Crippen molar-refractivity contribution in [3.63, 3.8) is 0 Å². The molecule has 90 valence electrons. The first kappa shape index (κ1) is 13.5. The summed E-state index contributed by atoms with van der Waals surface area (Å²) in [7, 11) is 4.00. The van der Waals surface area contributed by atoms with Crippen molar-refractivity contribution in [3.8, 4) is 0 Å². The molecular formula is C11H17ClN2OS. The van der Waals surface area contributed by atoms with Crippen LogP contribution < -0.4 is 5.32 Å². The molecule has 0 fully saturated rings. The summed E-state index contributed by atoms with van der Waals surface area (Å²) in [5.74, 6) is -0.120. The molecule has 0 bridgehead atoms. The lowest BCUT2D eigenvalue weighted by atomic mass is 10.2. The number of thiophene rings is 1. The van der Waals surface area contributed by atoms with E-state index in [4.69, 9.17) is 11.6 Å². The maximum Gasteiger partial charge on any atom is 0.237 e. The highest BCUT2D eigenvalue weighted by molar-refractivity contribution is 7.10. The molecule has 0 saturated carbocycles. The van der Waals surface area contributed by atoms with Crippen LogP contribution in [0, 0.1) is 0 Å². The minimum Gasteiger partial charge on any atom is -0.353 e. The molecule has 1 N–H and O–H groups in total. The van der Waals surface area contributed by atoms with Crippen LogP contribution in [-0.4, -0.2) is 36.8 Å². The number of carbonyl (C=O) groups excluding carboxylic acids is 1. The second-order valence-electron chi connectivity index (χ2n) is 3.86. The topological polar surface area (TPSA) is 32.3 Å². The molecule has 0 radical (unpaired) electrons. The number of carbonyl (C=O) groups is 1. The summed E-state index contributed by atoms with van der Waals surface area (Å²) in [5.41, 5.74) is 0. The van der Waals surface area contributed by atoms with Crippen LogP contribution >= 0.6 is 22.9 Å². The summed E-state index contributed by atoms with van der Waals surface area (Å²) in [4.78, 5) is 14.7. The Morgan fingerprint density at radius 2 is 2.31 bits per heavy atom. The molecule has 3 nitrogen and oxygen atoms in total. The molecule has 1 aromatic rings. The Balaban J connectivity index is 2.57. The molecule has 0 aliphatic heterocycles. The second-order valence-corrected chi connectivity index (χ2v) is 5.49. The molecule has 0 aromatic carbocycles. The molecule has 2 atom stereocenters. The molecule has 0 saturated heterocycles. The van der Waals surface area contributed by atoms with Gasteiger partial charge >= 0.3 is 0 Å². The molecule has 1 rings (SSSR count). The summed E-state index contributed by atoms with van der Waals surface area (Å²) in [6.45, 7) is 2.26. The molecule has 1 aromatic heterocycles. The Bertz CT molecular complexity index is 325. The summed E-state index contributed by atoms with van der Waals surface area (Å²) in [6, 6.07) is 4.30. The Hall–Kier alpha value is -0.580. The van der Waals surface area contributed by atoms with Gasteiger partial charge in [-0.2, -0.15) is 0 Å². The summed E-state index contributed by atoms with van der Waals surface area (Å²) >= 11 is 7.39. The first-order valence-corrected chi connectivity index (χ1v) is 6.45. The van der Waals surface area contributed by atoms with E-state index < -0.39 is 5.38 Å². The number of alkyl halides is 1. The third-order valence-corrected chi connectivity index (χ3v) is 3.50. The maximum atomic E-state index is 11.4. The Labute approximate surface area is 105 Å². The number of hydrogen-bond donors (Lipinski definition) is 1. The van der Waals surface area contributed by atoms with Gasteiger partial charge in [0.05, 0.1) is 6.04 Å². The van der Waals surface area contributed by atoms with Crippen LogP contribution in [-0.2, 0) is 4.79 Å². The normalized spacial score (nSPS) is 14.8. The number of nitrogens with zero attached hydrogens (tertiary/aromatic N) is 1. The van der Waals surface area contributed by atoms with Gasteiger partial charge in [-0.1, -0.05) is 6.07 Å². The number of amides is 1. The zero-order valence-electron chi connectivity index (χ0n) is 9.74. The van der Waals surface area contributed by atoms with Crippen molar-refractivity contribution in [2.75, 3.05) is 20.6 Å². The lowest BCUT2D eigenvalue weighted by molar-refractivity contribution is -0.120. The smallest absolute Gasteiger partial charge is 0.237 e. The number of likely N-dealkylation sites (N-methyl/N-ethyl adjacent to an activating group) is 1. The van der Waals surface area contributed by atoms with E-state index in [9.17, 15) is 4.79 Å². The minimum atomic E-state index is -0.480. The zero-order chi connectivity index (χ0) is 12.1. The highest BCUT2D eigenvalue weighted by atomic mass is 35.5. The molecule has 1 heterocycles. The monoisotopic (exact) mass is 260 g/mol. The SMILES string of the molecule is CC(Cl)C(=O)NCC(c1cccs1)N(C)C. The minimum absolute atomic E-state index is 0.120. The van der Waals surface area contributed by atoms with E-state index in [1.165, 1.54) is 4.88 Å². The Morgan fingerprint density at radius 1 is 1.62 bits per heavy atom. The fourth-order valence-electron chi connectivity index (χ4n) is 1.36. The van der Waals surface area contributed by atoms with Crippen LogP contribution in [0.15, 0.2) is 17.5 Å². The average molecular weight is 261 g/mol. The largest absolute Gasteiger partial charge is 0.353 e. The highest BCUT2D eigenvalue weighted by Gasteiger charge is 2.17. The molecule has 0 aliphatic rings. The van der Waals surface area contributed by atoms with E-state index in [1.54, 1.807) is 18.3 Å². The van der Waals surface area contributed by atoms with Gasteiger partial charge in [0, 0.05) is 11.4 Å². The van der Waals surface area contributed by atoms with Crippen molar-refractivity contribution < 1.29 is 4.79 Å². The standard InChI is InChI=1S/C11H17ClN2OS/c1-8(12)11(15)13-7-9(14(2)3)10-5-4-6-16-10/h4-6,8-9H,7H2,1-3H3,(H,13,15). The zero-order valence-corrected chi connectivity index (χ0v) is 11.3. The van der Waals surface area contributed by atoms with E-state index in [0.717, 1.165) is 0 Å². The fraction of sp³-hybridized carbons (Fsp3) is 0.545. The molecule has 0 spiro atoms. The first-order valence-electron chi connectivity index (χ1n) is 5.14. The van der Waals surface area contributed by atoms with Crippen molar-refractivity contribution in [1.29, 1.82) is 0 Å². The van der Waals surface area contributed by atoms with E-state index in [0.29, 0.717) is 6.54 Å². The Kier molecular flexibility index (Phi) is 5.25. The molecule has 16 heavy (non-hydrogen) atoms. The number of nitrogens with one attached hydrogen (secondary N) is 1. The van der Waals surface area contributed by atoms with Crippen molar-refractivity contribution in [2.24, 2.45) is 0 Å². The quantitative estimate of drug-likeness (QED) is 0.823. The number of rotatable bonds is 5. The lowest BCUT2D eigenvalue weighted by Crippen LogP contribution is -2.37. The van der Waals surface area contributed by atoms with Gasteiger partial charge in [0.15, 0.2) is 0 Å². The van der Waals surface area contributed by atoms with Crippen LogP contribution in [0.5, 0.6) is 0 Å². The lowest BCUT2D eigenvalue weighted by Gasteiger charge is -2.23. The third kappa shape index (κ3) is 3.77. The summed E-state index contributed by atoms with van der Waals surface area (Å²) in [5, 5.41) is 4.41. The Morgan fingerprint density at radius 3 is 2.75 bits per heavy atom. The van der Waals surface area contributed by atoms with Gasteiger partial charge in [-0.25, -0.2) is 0 Å². The van der Waals surface area contributed by atoms with Gasteiger partial charge in [-0.15, -0.1) is 22.9 Å².